The van der Waals surface area contributed by atoms with Gasteiger partial charge in [0.1, 0.15) is 0 Å². The van der Waals surface area contributed by atoms with E-state index in [0.717, 1.165) is 11.2 Å². The fraction of sp³-hybridized carbons (Fsp3) is 1.00. The van der Waals surface area contributed by atoms with Gasteiger partial charge in [-0.25, -0.2) is 0 Å². The van der Waals surface area contributed by atoms with Crippen molar-refractivity contribution in [3.8, 4) is 0 Å². The SMILES string of the molecule is NNC(C1CCCCC1)C1CSCCS1. The van der Waals surface area contributed by atoms with Crippen LogP contribution in [0, 0.1) is 5.92 Å². The van der Waals surface area contributed by atoms with Crippen LogP contribution in [-0.4, -0.2) is 28.6 Å². The quantitative estimate of drug-likeness (QED) is 0.592. The van der Waals surface area contributed by atoms with E-state index in [2.05, 4.69) is 28.9 Å². The summed E-state index contributed by atoms with van der Waals surface area (Å²) in [5.41, 5.74) is 3.11. The molecule has 0 aromatic heterocycles. The fourth-order valence-electron chi connectivity index (χ4n) is 2.75. The van der Waals surface area contributed by atoms with Crippen LogP contribution < -0.4 is 11.3 Å². The average Bonchev–Trinajstić information content (AvgIpc) is 2.33. The van der Waals surface area contributed by atoms with E-state index in [1.165, 1.54) is 49.4 Å². The number of hydrazine groups is 1. The first kappa shape index (κ1) is 12.1. The van der Waals surface area contributed by atoms with E-state index in [1.54, 1.807) is 0 Å². The van der Waals surface area contributed by atoms with Gasteiger partial charge in [0.2, 0.25) is 0 Å². The molecule has 4 heteroatoms. The second-order valence-electron chi connectivity index (χ2n) is 4.57. The summed E-state index contributed by atoms with van der Waals surface area (Å²) < 4.78 is 0. The lowest BCUT2D eigenvalue weighted by Crippen LogP contribution is -2.50. The van der Waals surface area contributed by atoms with Crippen molar-refractivity contribution in [2.24, 2.45) is 11.8 Å². The Morgan fingerprint density at radius 3 is 2.53 bits per heavy atom. The molecular weight excluding hydrogens is 224 g/mol. The van der Waals surface area contributed by atoms with Gasteiger partial charge in [-0.05, 0) is 18.8 Å². The summed E-state index contributed by atoms with van der Waals surface area (Å²) in [6.07, 6.45) is 7.02. The van der Waals surface area contributed by atoms with Gasteiger partial charge in [0.05, 0.1) is 0 Å². The number of hydrogen-bond donors (Lipinski definition) is 2. The van der Waals surface area contributed by atoms with Gasteiger partial charge in [-0.3, -0.25) is 11.3 Å². The van der Waals surface area contributed by atoms with E-state index in [1.807, 2.05) is 0 Å². The number of nitrogens with one attached hydrogen (secondary N) is 1. The highest BCUT2D eigenvalue weighted by Gasteiger charge is 2.31. The lowest BCUT2D eigenvalue weighted by Gasteiger charge is -2.36. The normalized spacial score (nSPS) is 31.4. The van der Waals surface area contributed by atoms with Crippen molar-refractivity contribution in [3.05, 3.63) is 0 Å². The minimum absolute atomic E-state index is 0.558. The third kappa shape index (κ3) is 3.29. The second-order valence-corrected chi connectivity index (χ2v) is 7.07. The first-order chi connectivity index (χ1) is 7.42. The zero-order chi connectivity index (χ0) is 10.5. The molecule has 3 N–H and O–H groups in total. The van der Waals surface area contributed by atoms with Crippen molar-refractivity contribution < 1.29 is 0 Å². The van der Waals surface area contributed by atoms with Gasteiger partial charge in [-0.15, -0.1) is 0 Å². The maximum absolute atomic E-state index is 5.76. The standard InChI is InChI=1S/C11H22N2S2/c12-13-11(9-4-2-1-3-5-9)10-8-14-6-7-15-10/h9-11,13H,1-8,12H2. The zero-order valence-electron chi connectivity index (χ0n) is 9.28. The highest BCUT2D eigenvalue weighted by atomic mass is 32.2. The molecule has 1 saturated carbocycles. The van der Waals surface area contributed by atoms with E-state index >= 15 is 0 Å². The van der Waals surface area contributed by atoms with Crippen molar-refractivity contribution >= 4 is 23.5 Å². The van der Waals surface area contributed by atoms with Gasteiger partial charge >= 0.3 is 0 Å². The number of thioether (sulfide) groups is 2. The molecule has 0 spiro atoms. The molecule has 0 aromatic rings. The van der Waals surface area contributed by atoms with Crippen molar-refractivity contribution in [2.75, 3.05) is 17.3 Å². The van der Waals surface area contributed by atoms with Crippen molar-refractivity contribution in [1.82, 2.24) is 5.43 Å². The summed E-state index contributed by atoms with van der Waals surface area (Å²) in [5, 5.41) is 0.747. The summed E-state index contributed by atoms with van der Waals surface area (Å²) in [5.74, 6) is 10.5. The van der Waals surface area contributed by atoms with E-state index in [9.17, 15) is 0 Å². The highest BCUT2D eigenvalue weighted by molar-refractivity contribution is 8.06. The van der Waals surface area contributed by atoms with Crippen molar-refractivity contribution in [2.45, 2.75) is 43.4 Å². The second kappa shape index (κ2) is 6.38. The summed E-state index contributed by atoms with van der Waals surface area (Å²) in [4.78, 5) is 0. The van der Waals surface area contributed by atoms with Gasteiger partial charge in [0.15, 0.2) is 0 Å². The Bertz CT molecular complexity index is 159. The maximum Gasteiger partial charge on any atom is 0.0365 e. The third-order valence-electron chi connectivity index (χ3n) is 3.59. The highest BCUT2D eigenvalue weighted by Crippen LogP contribution is 2.34. The van der Waals surface area contributed by atoms with Crippen LogP contribution in [0.25, 0.3) is 0 Å². The first-order valence-electron chi connectivity index (χ1n) is 6.07. The van der Waals surface area contributed by atoms with Crippen LogP contribution in [-0.2, 0) is 0 Å². The van der Waals surface area contributed by atoms with E-state index in [0.29, 0.717) is 6.04 Å². The molecule has 0 radical (unpaired) electrons. The summed E-state index contributed by atoms with van der Waals surface area (Å²) in [6.45, 7) is 0. The van der Waals surface area contributed by atoms with Crippen molar-refractivity contribution in [1.29, 1.82) is 0 Å². The molecule has 1 aliphatic heterocycles. The first-order valence-corrected chi connectivity index (χ1v) is 8.27. The van der Waals surface area contributed by atoms with Crippen LogP contribution in [0.15, 0.2) is 0 Å². The molecule has 1 saturated heterocycles. The van der Waals surface area contributed by atoms with Crippen LogP contribution in [0.2, 0.25) is 0 Å². The van der Waals surface area contributed by atoms with Gasteiger partial charge < -0.3 is 0 Å². The number of rotatable bonds is 3. The van der Waals surface area contributed by atoms with Gasteiger partial charge in [-0.2, -0.15) is 23.5 Å². The van der Waals surface area contributed by atoms with E-state index in [4.69, 9.17) is 5.84 Å². The lowest BCUT2D eigenvalue weighted by molar-refractivity contribution is 0.270. The summed E-state index contributed by atoms with van der Waals surface area (Å²) in [7, 11) is 0. The molecule has 2 atom stereocenters. The average molecular weight is 246 g/mol. The number of hydrogen-bond acceptors (Lipinski definition) is 4. The Labute approximate surface area is 101 Å². The Kier molecular flexibility index (Phi) is 5.14. The molecular formula is C11H22N2S2. The predicted molar refractivity (Wildman–Crippen MR) is 71.3 cm³/mol. The molecule has 1 aliphatic carbocycles. The minimum Gasteiger partial charge on any atom is -0.271 e. The van der Waals surface area contributed by atoms with Gasteiger partial charge in [-0.1, -0.05) is 19.3 Å². The van der Waals surface area contributed by atoms with Gasteiger partial charge in [0, 0.05) is 28.6 Å². The van der Waals surface area contributed by atoms with Crippen LogP contribution in [0.3, 0.4) is 0 Å². The third-order valence-corrected chi connectivity index (χ3v) is 6.48. The van der Waals surface area contributed by atoms with Crippen LogP contribution in [0.1, 0.15) is 32.1 Å². The topological polar surface area (TPSA) is 38.0 Å². The molecule has 2 nitrogen and oxygen atoms in total. The minimum atomic E-state index is 0.558. The van der Waals surface area contributed by atoms with Crippen LogP contribution in [0.4, 0.5) is 0 Å². The molecule has 1 heterocycles. The fourth-order valence-corrected chi connectivity index (χ4v) is 5.70. The molecule has 0 amide bonds. The largest absolute Gasteiger partial charge is 0.271 e. The van der Waals surface area contributed by atoms with Gasteiger partial charge in [0.25, 0.3) is 0 Å². The zero-order valence-corrected chi connectivity index (χ0v) is 10.9. The van der Waals surface area contributed by atoms with E-state index in [-0.39, 0.29) is 0 Å². The predicted octanol–water partition coefficient (Wildman–Crippen LogP) is 2.25. The Balaban J connectivity index is 1.88. The van der Waals surface area contributed by atoms with Crippen LogP contribution in [0.5, 0.6) is 0 Å². The lowest BCUT2D eigenvalue weighted by atomic mass is 9.83. The molecule has 2 rings (SSSR count). The summed E-state index contributed by atoms with van der Waals surface area (Å²) in [6, 6.07) is 0.558. The molecule has 15 heavy (non-hydrogen) atoms. The number of nitrogens with two attached hydrogens (primary N) is 1. The summed E-state index contributed by atoms with van der Waals surface area (Å²) >= 11 is 4.22. The van der Waals surface area contributed by atoms with E-state index < -0.39 is 0 Å². The monoisotopic (exact) mass is 246 g/mol. The molecule has 2 unspecified atom stereocenters. The molecule has 2 fully saturated rings. The molecule has 0 bridgehead atoms. The molecule has 0 aromatic carbocycles. The smallest absolute Gasteiger partial charge is 0.0365 e. The van der Waals surface area contributed by atoms with Crippen LogP contribution >= 0.6 is 23.5 Å². The maximum atomic E-state index is 5.76. The Morgan fingerprint density at radius 1 is 1.13 bits per heavy atom. The van der Waals surface area contributed by atoms with Crippen molar-refractivity contribution in [3.63, 3.8) is 0 Å². The Morgan fingerprint density at radius 2 is 1.93 bits per heavy atom. The molecule has 88 valence electrons. The Hall–Kier alpha value is 0.620. The molecule has 2 aliphatic rings.